The van der Waals surface area contributed by atoms with Gasteiger partial charge in [-0.3, -0.25) is 0 Å². The van der Waals surface area contributed by atoms with E-state index in [0.29, 0.717) is 0 Å². The predicted molar refractivity (Wildman–Crippen MR) is 71.6 cm³/mol. The van der Waals surface area contributed by atoms with Crippen molar-refractivity contribution in [2.24, 2.45) is 0 Å². The van der Waals surface area contributed by atoms with Crippen LogP contribution in [0.4, 0.5) is 5.69 Å². The molecule has 0 radical (unpaired) electrons. The fourth-order valence-corrected chi connectivity index (χ4v) is 2.39. The predicted octanol–water partition coefficient (Wildman–Crippen LogP) is 3.65. The summed E-state index contributed by atoms with van der Waals surface area (Å²) in [6.07, 6.45) is 2.09. The highest BCUT2D eigenvalue weighted by Gasteiger charge is 2.32. The highest BCUT2D eigenvalue weighted by molar-refractivity contribution is 14.1. The molecule has 1 N–H and O–H groups in total. The third kappa shape index (κ3) is 2.07. The molecule has 0 unspecified atom stereocenters. The Morgan fingerprint density at radius 3 is 2.80 bits per heavy atom. The minimum atomic E-state index is -0.0141. The van der Waals surface area contributed by atoms with E-state index in [9.17, 15) is 0 Å². The fourth-order valence-electron chi connectivity index (χ4n) is 1.90. The van der Waals surface area contributed by atoms with Crippen LogP contribution < -0.4 is 10.1 Å². The zero-order valence-electron chi connectivity index (χ0n) is 9.14. The second kappa shape index (κ2) is 4.20. The zero-order chi connectivity index (χ0) is 10.9. The van der Waals surface area contributed by atoms with Crippen molar-refractivity contribution in [3.05, 3.63) is 21.8 Å². The van der Waals surface area contributed by atoms with Gasteiger partial charge in [-0.2, -0.15) is 0 Å². The normalized spacial score (nSPS) is 17.5. The third-order valence-electron chi connectivity index (χ3n) is 3.16. The first-order valence-electron chi connectivity index (χ1n) is 5.41. The highest BCUT2D eigenvalue weighted by Crippen LogP contribution is 2.36. The number of ether oxygens (including phenoxy) is 1. The van der Waals surface area contributed by atoms with Crippen LogP contribution >= 0.6 is 22.6 Å². The van der Waals surface area contributed by atoms with Crippen molar-refractivity contribution in [2.75, 3.05) is 11.9 Å². The molecule has 82 valence electrons. The lowest BCUT2D eigenvalue weighted by Crippen LogP contribution is -2.44. The van der Waals surface area contributed by atoms with Crippen LogP contribution in [-0.2, 0) is 0 Å². The Balaban J connectivity index is 2.30. The maximum Gasteiger partial charge on any atom is 0.143 e. The van der Waals surface area contributed by atoms with E-state index >= 15 is 0 Å². The molecule has 3 heteroatoms. The SMILES string of the molecule is CCC1(CC)CNc2cc(I)ccc2O1. The molecule has 0 aliphatic carbocycles. The van der Waals surface area contributed by atoms with Crippen molar-refractivity contribution in [2.45, 2.75) is 32.3 Å². The van der Waals surface area contributed by atoms with Gasteiger partial charge in [-0.05, 0) is 53.6 Å². The summed E-state index contributed by atoms with van der Waals surface area (Å²) in [7, 11) is 0. The van der Waals surface area contributed by atoms with Crippen molar-refractivity contribution in [3.8, 4) is 5.75 Å². The summed E-state index contributed by atoms with van der Waals surface area (Å²) in [4.78, 5) is 0. The quantitative estimate of drug-likeness (QED) is 0.841. The number of fused-ring (bicyclic) bond motifs is 1. The number of anilines is 1. The monoisotopic (exact) mass is 317 g/mol. The molecule has 0 saturated carbocycles. The van der Waals surface area contributed by atoms with E-state index in [4.69, 9.17) is 4.74 Å². The van der Waals surface area contributed by atoms with Gasteiger partial charge >= 0.3 is 0 Å². The molecule has 1 aromatic rings. The van der Waals surface area contributed by atoms with Gasteiger partial charge in [0.1, 0.15) is 11.4 Å². The number of nitrogens with one attached hydrogen (secondary N) is 1. The molecule has 1 aliphatic heterocycles. The lowest BCUT2D eigenvalue weighted by molar-refractivity contribution is 0.0670. The van der Waals surface area contributed by atoms with Gasteiger partial charge in [-0.15, -0.1) is 0 Å². The van der Waals surface area contributed by atoms with E-state index in [0.717, 1.165) is 30.8 Å². The Morgan fingerprint density at radius 2 is 2.13 bits per heavy atom. The van der Waals surface area contributed by atoms with Crippen LogP contribution in [0, 0.1) is 3.57 Å². The average molecular weight is 317 g/mol. The van der Waals surface area contributed by atoms with Crippen LogP contribution in [0.2, 0.25) is 0 Å². The highest BCUT2D eigenvalue weighted by atomic mass is 127. The Hall–Kier alpha value is -0.450. The second-order valence-electron chi connectivity index (χ2n) is 3.99. The summed E-state index contributed by atoms with van der Waals surface area (Å²) in [5.41, 5.74) is 1.11. The Kier molecular flexibility index (Phi) is 3.09. The third-order valence-corrected chi connectivity index (χ3v) is 3.83. The largest absolute Gasteiger partial charge is 0.483 e. The molecule has 1 aromatic carbocycles. The van der Waals surface area contributed by atoms with Gasteiger partial charge in [0.15, 0.2) is 0 Å². The van der Waals surface area contributed by atoms with E-state index in [1.165, 1.54) is 3.57 Å². The molecule has 0 atom stereocenters. The number of halogens is 1. The van der Waals surface area contributed by atoms with Crippen molar-refractivity contribution in [1.29, 1.82) is 0 Å². The molecule has 1 aliphatic rings. The Labute approximate surface area is 105 Å². The van der Waals surface area contributed by atoms with E-state index in [1.807, 2.05) is 0 Å². The van der Waals surface area contributed by atoms with Crippen molar-refractivity contribution >= 4 is 28.3 Å². The first kappa shape index (κ1) is 11.0. The molecule has 2 rings (SSSR count). The van der Waals surface area contributed by atoms with Crippen LogP contribution in [0.5, 0.6) is 5.75 Å². The maximum atomic E-state index is 6.11. The molecular formula is C12H16INO. The Bertz CT molecular complexity index is 361. The summed E-state index contributed by atoms with van der Waals surface area (Å²) in [5.74, 6) is 0.991. The minimum Gasteiger partial charge on any atom is -0.483 e. The number of hydrogen-bond acceptors (Lipinski definition) is 2. The van der Waals surface area contributed by atoms with E-state index in [2.05, 4.69) is 60.0 Å². The number of benzene rings is 1. The average Bonchev–Trinajstić information content (AvgIpc) is 2.28. The Morgan fingerprint density at radius 1 is 1.40 bits per heavy atom. The summed E-state index contributed by atoms with van der Waals surface area (Å²) < 4.78 is 7.35. The molecular weight excluding hydrogens is 301 g/mol. The van der Waals surface area contributed by atoms with Crippen LogP contribution in [0.1, 0.15) is 26.7 Å². The van der Waals surface area contributed by atoms with Crippen molar-refractivity contribution < 1.29 is 4.74 Å². The van der Waals surface area contributed by atoms with Crippen molar-refractivity contribution in [3.63, 3.8) is 0 Å². The van der Waals surface area contributed by atoms with Gasteiger partial charge in [0.25, 0.3) is 0 Å². The summed E-state index contributed by atoms with van der Waals surface area (Å²) in [6.45, 7) is 5.28. The molecule has 0 aromatic heterocycles. The second-order valence-corrected chi connectivity index (χ2v) is 5.23. The van der Waals surface area contributed by atoms with Crippen molar-refractivity contribution in [1.82, 2.24) is 0 Å². The maximum absolute atomic E-state index is 6.11. The van der Waals surface area contributed by atoms with Gasteiger partial charge in [0.05, 0.1) is 12.2 Å². The van der Waals surface area contributed by atoms with Gasteiger partial charge in [-0.25, -0.2) is 0 Å². The van der Waals surface area contributed by atoms with E-state index in [-0.39, 0.29) is 5.60 Å². The topological polar surface area (TPSA) is 21.3 Å². The number of hydrogen-bond donors (Lipinski definition) is 1. The van der Waals surface area contributed by atoms with Crippen LogP contribution in [0.3, 0.4) is 0 Å². The van der Waals surface area contributed by atoms with Crippen LogP contribution in [0.25, 0.3) is 0 Å². The molecule has 15 heavy (non-hydrogen) atoms. The first-order valence-corrected chi connectivity index (χ1v) is 6.49. The molecule has 1 heterocycles. The van der Waals surface area contributed by atoms with Gasteiger partial charge in [-0.1, -0.05) is 13.8 Å². The molecule has 2 nitrogen and oxygen atoms in total. The molecule has 0 saturated heterocycles. The van der Waals surface area contributed by atoms with Gasteiger partial charge in [0, 0.05) is 3.57 Å². The minimum absolute atomic E-state index is 0.0141. The van der Waals surface area contributed by atoms with Gasteiger partial charge in [0.2, 0.25) is 0 Å². The lowest BCUT2D eigenvalue weighted by Gasteiger charge is -2.38. The van der Waals surface area contributed by atoms with Gasteiger partial charge < -0.3 is 10.1 Å². The first-order chi connectivity index (χ1) is 7.19. The molecule has 0 amide bonds. The fraction of sp³-hybridized carbons (Fsp3) is 0.500. The standard InChI is InChI=1S/C12H16INO/c1-3-12(4-2)8-14-10-7-9(13)5-6-11(10)15-12/h5-7,14H,3-4,8H2,1-2H3. The lowest BCUT2D eigenvalue weighted by atomic mass is 9.95. The molecule has 0 bridgehead atoms. The van der Waals surface area contributed by atoms with E-state index < -0.39 is 0 Å². The van der Waals surface area contributed by atoms with E-state index in [1.54, 1.807) is 0 Å². The molecule has 0 fully saturated rings. The zero-order valence-corrected chi connectivity index (χ0v) is 11.3. The summed E-state index contributed by atoms with van der Waals surface area (Å²) in [6, 6.07) is 6.27. The number of rotatable bonds is 2. The van der Waals surface area contributed by atoms with Crippen LogP contribution in [0.15, 0.2) is 18.2 Å². The summed E-state index contributed by atoms with van der Waals surface area (Å²) in [5, 5.41) is 3.47. The van der Waals surface area contributed by atoms with Crippen LogP contribution in [-0.4, -0.2) is 12.1 Å². The smallest absolute Gasteiger partial charge is 0.143 e. The molecule has 0 spiro atoms. The summed E-state index contributed by atoms with van der Waals surface area (Å²) >= 11 is 2.32.